The van der Waals surface area contributed by atoms with Gasteiger partial charge in [0.25, 0.3) is 0 Å². The van der Waals surface area contributed by atoms with E-state index in [1.54, 1.807) is 4.90 Å². The number of imidazole rings is 1. The van der Waals surface area contributed by atoms with Gasteiger partial charge in [0.15, 0.2) is 0 Å². The number of aryl methyl sites for hydroxylation is 1. The molecule has 2 aromatic carbocycles. The first-order valence-corrected chi connectivity index (χ1v) is 8.62. The van der Waals surface area contributed by atoms with Crippen LogP contribution < -0.4 is 4.90 Å². The summed E-state index contributed by atoms with van der Waals surface area (Å²) >= 11 is 0. The minimum absolute atomic E-state index is 0.552. The molecule has 4 rings (SSSR count). The highest BCUT2D eigenvalue weighted by molar-refractivity contribution is 5.74. The first kappa shape index (κ1) is 14.5. The molecule has 1 aliphatic rings. The Balaban J connectivity index is 1.49. The van der Waals surface area contributed by atoms with Gasteiger partial charge >= 0.3 is 0 Å². The lowest BCUT2D eigenvalue weighted by Gasteiger charge is -2.29. The first-order chi connectivity index (χ1) is 11.3. The molecule has 1 fully saturated rings. The number of nitrogens with zero attached hydrogens (tertiary/aromatic N) is 1. The van der Waals surface area contributed by atoms with Crippen molar-refractivity contribution in [2.75, 3.05) is 13.1 Å². The fourth-order valence-electron chi connectivity index (χ4n) is 3.71. The van der Waals surface area contributed by atoms with Crippen LogP contribution in [0.25, 0.3) is 11.0 Å². The van der Waals surface area contributed by atoms with Gasteiger partial charge in [-0.1, -0.05) is 42.0 Å². The Morgan fingerprint density at radius 2 is 1.96 bits per heavy atom. The third-order valence-electron chi connectivity index (χ3n) is 4.99. The van der Waals surface area contributed by atoms with Crippen LogP contribution in [0, 0.1) is 6.92 Å². The van der Waals surface area contributed by atoms with E-state index in [4.69, 9.17) is 4.98 Å². The van der Waals surface area contributed by atoms with Crippen molar-refractivity contribution in [3.8, 4) is 0 Å². The molecule has 2 heterocycles. The van der Waals surface area contributed by atoms with Crippen LogP contribution >= 0.6 is 0 Å². The van der Waals surface area contributed by atoms with E-state index in [1.807, 2.05) is 0 Å². The summed E-state index contributed by atoms with van der Waals surface area (Å²) in [5, 5.41) is 0. The van der Waals surface area contributed by atoms with Gasteiger partial charge in [0.2, 0.25) is 0 Å². The molecular formula is C20H24N3+. The summed E-state index contributed by atoms with van der Waals surface area (Å²) in [7, 11) is 0. The fraction of sp³-hybridized carbons (Fsp3) is 0.350. The van der Waals surface area contributed by atoms with Gasteiger partial charge in [0, 0.05) is 5.56 Å². The summed E-state index contributed by atoms with van der Waals surface area (Å²) in [5.41, 5.74) is 5.03. The van der Waals surface area contributed by atoms with E-state index in [9.17, 15) is 0 Å². The zero-order valence-corrected chi connectivity index (χ0v) is 13.7. The second kappa shape index (κ2) is 6.17. The highest BCUT2D eigenvalue weighted by atomic mass is 15.1. The van der Waals surface area contributed by atoms with E-state index in [0.717, 1.165) is 17.6 Å². The van der Waals surface area contributed by atoms with Crippen molar-refractivity contribution in [3.05, 3.63) is 65.5 Å². The van der Waals surface area contributed by atoms with Gasteiger partial charge in [-0.15, -0.1) is 0 Å². The average molecular weight is 306 g/mol. The summed E-state index contributed by atoms with van der Waals surface area (Å²) in [6, 6.07) is 17.3. The largest absolute Gasteiger partial charge is 0.342 e. The number of aromatic amines is 1. The lowest BCUT2D eigenvalue weighted by molar-refractivity contribution is -0.920. The average Bonchev–Trinajstić information content (AvgIpc) is 3.01. The van der Waals surface area contributed by atoms with Crippen LogP contribution in [0.5, 0.6) is 0 Å². The molecule has 0 bridgehead atoms. The zero-order valence-electron chi connectivity index (χ0n) is 13.7. The van der Waals surface area contributed by atoms with E-state index in [2.05, 4.69) is 60.4 Å². The minimum atomic E-state index is 0.552. The number of aromatic nitrogens is 2. The van der Waals surface area contributed by atoms with Gasteiger partial charge in [-0.2, -0.15) is 0 Å². The maximum Gasteiger partial charge on any atom is 0.116 e. The van der Waals surface area contributed by atoms with Crippen molar-refractivity contribution in [1.82, 2.24) is 9.97 Å². The van der Waals surface area contributed by atoms with Crippen LogP contribution in [-0.4, -0.2) is 23.1 Å². The summed E-state index contributed by atoms with van der Waals surface area (Å²) in [5.74, 6) is 1.73. The van der Waals surface area contributed by atoms with Crippen molar-refractivity contribution < 1.29 is 4.90 Å². The molecule has 1 saturated heterocycles. The third kappa shape index (κ3) is 3.15. The van der Waals surface area contributed by atoms with E-state index in [-0.39, 0.29) is 0 Å². The smallest absolute Gasteiger partial charge is 0.116 e. The summed E-state index contributed by atoms with van der Waals surface area (Å²) < 4.78 is 0. The molecule has 0 amide bonds. The van der Waals surface area contributed by atoms with Crippen molar-refractivity contribution in [1.29, 1.82) is 0 Å². The number of hydrogen-bond donors (Lipinski definition) is 2. The SMILES string of the molecule is Cc1ccc(C[NH+]2CCC[C@@H](c3nc4ccccc4[nH]3)C2)cc1. The standard InChI is InChI=1S/C20H23N3/c1-15-8-10-16(11-9-15)13-23-12-4-5-17(14-23)20-21-18-6-2-3-7-19(18)22-20/h2-3,6-11,17H,4-5,12-14H2,1H3,(H,21,22)/p+1/t17-/m1/s1. The van der Waals surface area contributed by atoms with E-state index in [0.29, 0.717) is 5.92 Å². The molecular weight excluding hydrogens is 282 g/mol. The van der Waals surface area contributed by atoms with Gasteiger partial charge in [0.05, 0.1) is 30.0 Å². The summed E-state index contributed by atoms with van der Waals surface area (Å²) in [6.07, 6.45) is 2.53. The lowest BCUT2D eigenvalue weighted by atomic mass is 9.97. The number of hydrogen-bond acceptors (Lipinski definition) is 1. The Bertz CT molecular complexity index is 755. The molecule has 3 aromatic rings. The van der Waals surface area contributed by atoms with Gasteiger partial charge in [0.1, 0.15) is 12.4 Å². The highest BCUT2D eigenvalue weighted by Gasteiger charge is 2.26. The molecule has 0 radical (unpaired) electrons. The number of para-hydroxylation sites is 2. The normalized spacial score (nSPS) is 21.6. The van der Waals surface area contributed by atoms with Crippen LogP contribution in [0.15, 0.2) is 48.5 Å². The second-order valence-electron chi connectivity index (χ2n) is 6.84. The number of rotatable bonds is 3. The molecule has 3 heteroatoms. The molecule has 2 atom stereocenters. The predicted molar refractivity (Wildman–Crippen MR) is 93.6 cm³/mol. The number of benzene rings is 2. The maximum atomic E-state index is 4.82. The number of likely N-dealkylation sites (tertiary alicyclic amines) is 1. The number of nitrogens with one attached hydrogen (secondary N) is 2. The van der Waals surface area contributed by atoms with Crippen molar-refractivity contribution in [2.45, 2.75) is 32.2 Å². The lowest BCUT2D eigenvalue weighted by Crippen LogP contribution is -3.12. The van der Waals surface area contributed by atoms with Crippen molar-refractivity contribution >= 4 is 11.0 Å². The fourth-order valence-corrected chi connectivity index (χ4v) is 3.71. The van der Waals surface area contributed by atoms with Crippen molar-refractivity contribution in [3.63, 3.8) is 0 Å². The Kier molecular flexibility index (Phi) is 3.88. The van der Waals surface area contributed by atoms with Crippen LogP contribution in [0.1, 0.15) is 35.7 Å². The molecule has 1 aliphatic heterocycles. The summed E-state index contributed by atoms with van der Waals surface area (Å²) in [4.78, 5) is 10.0. The molecule has 23 heavy (non-hydrogen) atoms. The van der Waals surface area contributed by atoms with Crippen LogP contribution in [0.3, 0.4) is 0 Å². The minimum Gasteiger partial charge on any atom is -0.342 e. The van der Waals surface area contributed by atoms with Crippen molar-refractivity contribution in [2.24, 2.45) is 0 Å². The molecule has 1 unspecified atom stereocenters. The molecule has 118 valence electrons. The molecule has 1 aromatic heterocycles. The van der Waals surface area contributed by atoms with Gasteiger partial charge in [-0.3, -0.25) is 0 Å². The molecule has 3 nitrogen and oxygen atoms in total. The van der Waals surface area contributed by atoms with Crippen LogP contribution in [-0.2, 0) is 6.54 Å². The van der Waals surface area contributed by atoms with E-state index >= 15 is 0 Å². The number of H-pyrrole nitrogens is 1. The molecule has 0 spiro atoms. The number of fused-ring (bicyclic) bond motifs is 1. The predicted octanol–water partition coefficient (Wildman–Crippen LogP) is 2.83. The van der Waals surface area contributed by atoms with E-state index in [1.165, 1.54) is 42.9 Å². The zero-order chi connectivity index (χ0) is 15.6. The number of piperidine rings is 1. The quantitative estimate of drug-likeness (QED) is 0.766. The second-order valence-corrected chi connectivity index (χ2v) is 6.84. The Morgan fingerprint density at radius 3 is 2.78 bits per heavy atom. The topological polar surface area (TPSA) is 33.1 Å². The monoisotopic (exact) mass is 306 g/mol. The van der Waals surface area contributed by atoms with Crippen LogP contribution in [0.2, 0.25) is 0 Å². The van der Waals surface area contributed by atoms with Crippen LogP contribution in [0.4, 0.5) is 0 Å². The Labute approximate surface area is 137 Å². The Hall–Kier alpha value is -2.13. The molecule has 2 N–H and O–H groups in total. The number of quaternary nitrogens is 1. The maximum absolute atomic E-state index is 4.82. The Morgan fingerprint density at radius 1 is 1.13 bits per heavy atom. The third-order valence-corrected chi connectivity index (χ3v) is 4.99. The molecule has 0 aliphatic carbocycles. The highest BCUT2D eigenvalue weighted by Crippen LogP contribution is 2.22. The van der Waals surface area contributed by atoms with E-state index < -0.39 is 0 Å². The van der Waals surface area contributed by atoms with Gasteiger partial charge in [-0.05, 0) is 31.9 Å². The van der Waals surface area contributed by atoms with Gasteiger partial charge in [-0.25, -0.2) is 4.98 Å². The molecule has 0 saturated carbocycles. The van der Waals surface area contributed by atoms with Gasteiger partial charge < -0.3 is 9.88 Å². The summed E-state index contributed by atoms with van der Waals surface area (Å²) in [6.45, 7) is 5.71. The first-order valence-electron chi connectivity index (χ1n) is 8.62.